The van der Waals surface area contributed by atoms with Crippen molar-refractivity contribution in [3.63, 3.8) is 0 Å². The van der Waals surface area contributed by atoms with Crippen molar-refractivity contribution in [2.45, 2.75) is 25.0 Å². The second-order valence-electron chi connectivity index (χ2n) is 4.39. The zero-order chi connectivity index (χ0) is 11.8. The number of benzene rings is 1. The summed E-state index contributed by atoms with van der Waals surface area (Å²) in [7, 11) is 0. The van der Waals surface area contributed by atoms with Gasteiger partial charge in [0, 0.05) is 0 Å². The molecule has 1 aromatic carbocycles. The van der Waals surface area contributed by atoms with Gasteiger partial charge in [0.1, 0.15) is 0 Å². The summed E-state index contributed by atoms with van der Waals surface area (Å²) in [5, 5.41) is 4.42. The van der Waals surface area contributed by atoms with Crippen molar-refractivity contribution in [3.8, 4) is 0 Å². The fourth-order valence-corrected chi connectivity index (χ4v) is 3.99. The Morgan fingerprint density at radius 2 is 2.06 bits per heavy atom. The SMILES string of the molecule is Cc1cscc1C(Br)c1ccc2c(c1)COC2. The number of fused-ring (bicyclic) bond motifs is 1. The van der Waals surface area contributed by atoms with Gasteiger partial charge in [-0.2, -0.15) is 11.3 Å². The van der Waals surface area contributed by atoms with E-state index in [4.69, 9.17) is 4.74 Å². The van der Waals surface area contributed by atoms with Crippen LogP contribution in [0.3, 0.4) is 0 Å². The molecule has 1 aliphatic heterocycles. The number of rotatable bonds is 2. The molecular weight excluding hydrogens is 296 g/mol. The van der Waals surface area contributed by atoms with Crippen LogP contribution in [0.15, 0.2) is 29.0 Å². The predicted molar refractivity (Wildman–Crippen MR) is 74.8 cm³/mol. The molecule has 0 saturated heterocycles. The highest BCUT2D eigenvalue weighted by molar-refractivity contribution is 9.09. The quantitative estimate of drug-likeness (QED) is 0.738. The zero-order valence-corrected chi connectivity index (χ0v) is 12.0. The molecule has 2 aromatic rings. The Kier molecular flexibility index (Phi) is 3.07. The van der Waals surface area contributed by atoms with Crippen molar-refractivity contribution in [2.24, 2.45) is 0 Å². The molecule has 0 fully saturated rings. The third-order valence-corrected chi connectivity index (χ3v) is 5.11. The molecule has 0 amide bonds. The van der Waals surface area contributed by atoms with Crippen LogP contribution in [0.5, 0.6) is 0 Å². The molecular formula is C14H13BrOS. The van der Waals surface area contributed by atoms with Crippen molar-refractivity contribution >= 4 is 27.3 Å². The summed E-state index contributed by atoms with van der Waals surface area (Å²) in [5.41, 5.74) is 6.70. The van der Waals surface area contributed by atoms with Gasteiger partial charge in [-0.15, -0.1) is 0 Å². The van der Waals surface area contributed by atoms with Gasteiger partial charge >= 0.3 is 0 Å². The average Bonchev–Trinajstić information content (AvgIpc) is 2.95. The topological polar surface area (TPSA) is 9.23 Å². The number of thiophene rings is 1. The minimum Gasteiger partial charge on any atom is -0.372 e. The van der Waals surface area contributed by atoms with Gasteiger partial charge in [-0.1, -0.05) is 34.1 Å². The van der Waals surface area contributed by atoms with Gasteiger partial charge in [-0.3, -0.25) is 0 Å². The summed E-state index contributed by atoms with van der Waals surface area (Å²) in [4.78, 5) is 0.291. The van der Waals surface area contributed by atoms with Gasteiger partial charge < -0.3 is 4.74 Å². The Morgan fingerprint density at radius 1 is 1.24 bits per heavy atom. The van der Waals surface area contributed by atoms with Crippen LogP contribution in [-0.4, -0.2) is 0 Å². The lowest BCUT2D eigenvalue weighted by atomic mass is 10.0. The molecule has 1 unspecified atom stereocenters. The van der Waals surface area contributed by atoms with Crippen LogP contribution in [0.4, 0.5) is 0 Å². The second kappa shape index (κ2) is 4.56. The fraction of sp³-hybridized carbons (Fsp3) is 0.286. The summed E-state index contributed by atoms with van der Waals surface area (Å²) in [5.74, 6) is 0. The number of hydrogen-bond donors (Lipinski definition) is 0. The van der Waals surface area contributed by atoms with Gasteiger partial charge in [0.25, 0.3) is 0 Å². The Hall–Kier alpha value is -0.640. The Morgan fingerprint density at radius 3 is 2.82 bits per heavy atom. The van der Waals surface area contributed by atoms with E-state index in [0.717, 1.165) is 13.2 Å². The van der Waals surface area contributed by atoms with Crippen molar-refractivity contribution in [1.29, 1.82) is 0 Å². The first-order valence-electron chi connectivity index (χ1n) is 5.62. The Labute approximate surface area is 114 Å². The Balaban J connectivity index is 1.97. The normalized spacial score (nSPS) is 15.9. The third kappa shape index (κ3) is 2.07. The first-order chi connectivity index (χ1) is 8.25. The van der Waals surface area contributed by atoms with Gasteiger partial charge in [0.05, 0.1) is 18.0 Å². The van der Waals surface area contributed by atoms with Crippen molar-refractivity contribution < 1.29 is 4.74 Å². The van der Waals surface area contributed by atoms with Gasteiger partial charge in [0.15, 0.2) is 0 Å². The summed E-state index contributed by atoms with van der Waals surface area (Å²) >= 11 is 5.56. The molecule has 17 heavy (non-hydrogen) atoms. The lowest BCUT2D eigenvalue weighted by molar-refractivity contribution is 0.134. The van der Waals surface area contributed by atoms with E-state index in [1.54, 1.807) is 11.3 Å². The molecule has 1 atom stereocenters. The lowest BCUT2D eigenvalue weighted by Gasteiger charge is -2.11. The molecule has 0 saturated carbocycles. The van der Waals surface area contributed by atoms with Crippen LogP contribution in [0.2, 0.25) is 0 Å². The molecule has 3 rings (SSSR count). The summed E-state index contributed by atoms with van der Waals surface area (Å²) in [6, 6.07) is 6.65. The van der Waals surface area contributed by atoms with E-state index in [-0.39, 0.29) is 0 Å². The molecule has 0 N–H and O–H groups in total. The average molecular weight is 309 g/mol. The van der Waals surface area contributed by atoms with Crippen LogP contribution in [0, 0.1) is 6.92 Å². The molecule has 1 aromatic heterocycles. The van der Waals surface area contributed by atoms with Gasteiger partial charge in [-0.05, 0) is 45.5 Å². The highest BCUT2D eigenvalue weighted by atomic mass is 79.9. The first-order valence-corrected chi connectivity index (χ1v) is 7.48. The van der Waals surface area contributed by atoms with E-state index in [1.165, 1.54) is 27.8 Å². The maximum atomic E-state index is 5.45. The van der Waals surface area contributed by atoms with Gasteiger partial charge in [-0.25, -0.2) is 0 Å². The zero-order valence-electron chi connectivity index (χ0n) is 9.57. The molecule has 1 aliphatic rings. The largest absolute Gasteiger partial charge is 0.372 e. The second-order valence-corrected chi connectivity index (χ2v) is 6.05. The van der Waals surface area contributed by atoms with Crippen molar-refractivity contribution in [2.75, 3.05) is 0 Å². The van der Waals surface area contributed by atoms with Crippen LogP contribution in [0.25, 0.3) is 0 Å². The van der Waals surface area contributed by atoms with Crippen LogP contribution >= 0.6 is 27.3 Å². The number of hydrogen-bond acceptors (Lipinski definition) is 2. The van der Waals surface area contributed by atoms with Crippen LogP contribution < -0.4 is 0 Å². The molecule has 2 heterocycles. The maximum absolute atomic E-state index is 5.45. The smallest absolute Gasteiger partial charge is 0.0725 e. The van der Waals surface area contributed by atoms with Gasteiger partial charge in [0.2, 0.25) is 0 Å². The number of alkyl halides is 1. The first kappa shape index (κ1) is 11.5. The van der Waals surface area contributed by atoms with E-state index in [2.05, 4.69) is 51.8 Å². The Bertz CT molecular complexity index is 547. The highest BCUT2D eigenvalue weighted by Gasteiger charge is 2.17. The van der Waals surface area contributed by atoms with Crippen LogP contribution in [0.1, 0.15) is 32.6 Å². The molecule has 88 valence electrons. The molecule has 1 nitrogen and oxygen atoms in total. The highest BCUT2D eigenvalue weighted by Crippen LogP contribution is 2.36. The van der Waals surface area contributed by atoms with Crippen molar-refractivity contribution in [1.82, 2.24) is 0 Å². The molecule has 3 heteroatoms. The summed E-state index contributed by atoms with van der Waals surface area (Å²) in [6.45, 7) is 3.68. The summed E-state index contributed by atoms with van der Waals surface area (Å²) in [6.07, 6.45) is 0. The van der Waals surface area contributed by atoms with E-state index >= 15 is 0 Å². The summed E-state index contributed by atoms with van der Waals surface area (Å²) < 4.78 is 5.45. The van der Waals surface area contributed by atoms with E-state index in [1.807, 2.05) is 0 Å². The minimum absolute atomic E-state index is 0.291. The van der Waals surface area contributed by atoms with E-state index in [0.29, 0.717) is 4.83 Å². The molecule has 0 spiro atoms. The molecule has 0 bridgehead atoms. The molecule has 0 radical (unpaired) electrons. The maximum Gasteiger partial charge on any atom is 0.0725 e. The van der Waals surface area contributed by atoms with Crippen LogP contribution in [-0.2, 0) is 18.0 Å². The predicted octanol–water partition coefficient (Wildman–Crippen LogP) is 4.57. The number of aryl methyl sites for hydroxylation is 1. The van der Waals surface area contributed by atoms with E-state index in [9.17, 15) is 0 Å². The fourth-order valence-electron chi connectivity index (χ4n) is 2.16. The van der Waals surface area contributed by atoms with Crippen molar-refractivity contribution in [3.05, 3.63) is 56.8 Å². The monoisotopic (exact) mass is 308 g/mol. The third-order valence-electron chi connectivity index (χ3n) is 3.21. The standard InChI is InChI=1S/C14H13BrOS/c1-9-7-17-8-13(9)14(15)10-2-3-11-5-16-6-12(11)4-10/h2-4,7-8,14H,5-6H2,1H3. The minimum atomic E-state index is 0.291. The number of halogens is 1. The lowest BCUT2D eigenvalue weighted by Crippen LogP contribution is -1.94. The number of ether oxygens (including phenoxy) is 1. The molecule has 0 aliphatic carbocycles. The van der Waals surface area contributed by atoms with E-state index < -0.39 is 0 Å².